The molecule has 5 nitrogen and oxygen atoms in total. The normalized spacial score (nSPS) is 10.2. The van der Waals surface area contributed by atoms with Crippen LogP contribution >= 0.6 is 11.6 Å². The van der Waals surface area contributed by atoms with Gasteiger partial charge in [0.05, 0.1) is 17.2 Å². The Morgan fingerprint density at radius 2 is 2.19 bits per heavy atom. The second kappa shape index (κ2) is 6.95. The number of hydrogen-bond donors (Lipinski definition) is 1. The first kappa shape index (κ1) is 15.1. The summed E-state index contributed by atoms with van der Waals surface area (Å²) < 4.78 is 11.1. The fraction of sp³-hybridized carbons (Fsp3) is 0.200. The summed E-state index contributed by atoms with van der Waals surface area (Å²) in [4.78, 5) is 15.2. The first-order valence-electron chi connectivity index (χ1n) is 6.40. The van der Waals surface area contributed by atoms with Crippen molar-refractivity contribution in [1.82, 2.24) is 4.98 Å². The fourth-order valence-corrected chi connectivity index (χ4v) is 1.82. The quantitative estimate of drug-likeness (QED) is 0.873. The first-order chi connectivity index (χ1) is 10.1. The molecule has 0 atom stereocenters. The van der Waals surface area contributed by atoms with Crippen LogP contribution in [0.25, 0.3) is 0 Å². The number of hydrogen-bond acceptors (Lipinski definition) is 4. The second-order valence-electron chi connectivity index (χ2n) is 4.20. The highest BCUT2D eigenvalue weighted by atomic mass is 35.5. The van der Waals surface area contributed by atoms with Gasteiger partial charge in [0.25, 0.3) is 5.88 Å². The van der Waals surface area contributed by atoms with Gasteiger partial charge >= 0.3 is 5.97 Å². The number of pyridine rings is 1. The van der Waals surface area contributed by atoms with Crippen molar-refractivity contribution in [3.8, 4) is 17.4 Å². The Labute approximate surface area is 127 Å². The topological polar surface area (TPSA) is 68.7 Å². The maximum atomic E-state index is 11.1. The van der Waals surface area contributed by atoms with Gasteiger partial charge in [0.1, 0.15) is 5.75 Å². The maximum absolute atomic E-state index is 11.1. The highest BCUT2D eigenvalue weighted by molar-refractivity contribution is 6.33. The minimum Gasteiger partial charge on any atom is -0.488 e. The van der Waals surface area contributed by atoms with Crippen molar-refractivity contribution in [3.05, 3.63) is 47.1 Å². The number of ether oxygens (including phenoxy) is 2. The Bertz CT molecular complexity index is 645. The van der Waals surface area contributed by atoms with Crippen LogP contribution in [-0.4, -0.2) is 22.7 Å². The van der Waals surface area contributed by atoms with Gasteiger partial charge in [-0.25, -0.2) is 9.78 Å². The highest BCUT2D eigenvalue weighted by Gasteiger charge is 2.12. The van der Waals surface area contributed by atoms with Crippen LogP contribution < -0.4 is 9.47 Å². The van der Waals surface area contributed by atoms with Crippen molar-refractivity contribution in [3.63, 3.8) is 0 Å². The molecular formula is C15H14ClNO4. The first-order valence-corrected chi connectivity index (χ1v) is 6.78. The lowest BCUT2D eigenvalue weighted by atomic mass is 10.2. The summed E-state index contributed by atoms with van der Waals surface area (Å²) in [6, 6.07) is 7.88. The smallest absolute Gasteiger partial charge is 0.337 e. The second-order valence-corrected chi connectivity index (χ2v) is 4.61. The van der Waals surface area contributed by atoms with E-state index in [9.17, 15) is 4.79 Å². The minimum absolute atomic E-state index is 0.0267. The number of aromatic carboxylic acids is 1. The molecule has 0 aliphatic heterocycles. The van der Waals surface area contributed by atoms with E-state index in [4.69, 9.17) is 26.2 Å². The Hall–Kier alpha value is -2.27. The fourth-order valence-electron chi connectivity index (χ4n) is 1.62. The predicted octanol–water partition coefficient (Wildman–Crippen LogP) is 4.01. The van der Waals surface area contributed by atoms with Gasteiger partial charge in [0, 0.05) is 6.20 Å². The third-order valence-corrected chi connectivity index (χ3v) is 2.91. The molecule has 1 aromatic carbocycles. The molecule has 21 heavy (non-hydrogen) atoms. The summed E-state index contributed by atoms with van der Waals surface area (Å²) in [7, 11) is 0. The van der Waals surface area contributed by atoms with Gasteiger partial charge in [0.2, 0.25) is 0 Å². The lowest BCUT2D eigenvalue weighted by Crippen LogP contribution is -2.00. The molecule has 0 saturated heterocycles. The molecule has 2 rings (SSSR count). The molecule has 1 aromatic heterocycles. The van der Waals surface area contributed by atoms with Gasteiger partial charge in [-0.2, -0.15) is 0 Å². The largest absolute Gasteiger partial charge is 0.488 e. The lowest BCUT2D eigenvalue weighted by Gasteiger charge is -2.11. The van der Waals surface area contributed by atoms with Crippen LogP contribution in [0.15, 0.2) is 36.5 Å². The SMILES string of the molecule is CCCOc1cccnc1Oc1ccc(Cl)c(C(=O)O)c1. The number of halogens is 1. The number of carboxylic acids is 1. The van der Waals surface area contributed by atoms with Crippen molar-refractivity contribution in [2.24, 2.45) is 0 Å². The molecule has 0 bridgehead atoms. The van der Waals surface area contributed by atoms with E-state index >= 15 is 0 Å². The van der Waals surface area contributed by atoms with Crippen molar-refractivity contribution < 1.29 is 19.4 Å². The number of aromatic nitrogens is 1. The zero-order chi connectivity index (χ0) is 15.2. The van der Waals surface area contributed by atoms with E-state index in [2.05, 4.69) is 4.98 Å². The van der Waals surface area contributed by atoms with Crippen LogP contribution in [-0.2, 0) is 0 Å². The monoisotopic (exact) mass is 307 g/mol. The van der Waals surface area contributed by atoms with Crippen LogP contribution in [0.5, 0.6) is 17.4 Å². The number of carboxylic acid groups (broad SMARTS) is 1. The van der Waals surface area contributed by atoms with E-state index in [1.165, 1.54) is 12.1 Å². The molecule has 0 unspecified atom stereocenters. The van der Waals surface area contributed by atoms with Crippen LogP contribution in [0.2, 0.25) is 5.02 Å². The molecule has 0 amide bonds. The van der Waals surface area contributed by atoms with Crippen molar-refractivity contribution in [2.45, 2.75) is 13.3 Å². The Balaban J connectivity index is 2.26. The molecule has 2 aromatic rings. The molecule has 1 heterocycles. The lowest BCUT2D eigenvalue weighted by molar-refractivity contribution is 0.0696. The third-order valence-electron chi connectivity index (χ3n) is 2.58. The van der Waals surface area contributed by atoms with Crippen molar-refractivity contribution in [1.29, 1.82) is 0 Å². The highest BCUT2D eigenvalue weighted by Crippen LogP contribution is 2.31. The van der Waals surface area contributed by atoms with Gasteiger partial charge in [-0.1, -0.05) is 18.5 Å². The van der Waals surface area contributed by atoms with Gasteiger partial charge in [-0.15, -0.1) is 0 Å². The van der Waals surface area contributed by atoms with E-state index in [-0.39, 0.29) is 16.5 Å². The zero-order valence-corrected chi connectivity index (χ0v) is 12.1. The molecule has 6 heteroatoms. The summed E-state index contributed by atoms with van der Waals surface area (Å²) in [6.07, 6.45) is 2.43. The van der Waals surface area contributed by atoms with E-state index in [0.29, 0.717) is 18.1 Å². The van der Waals surface area contributed by atoms with Gasteiger partial charge < -0.3 is 14.6 Å². The predicted molar refractivity (Wildman–Crippen MR) is 78.5 cm³/mol. The van der Waals surface area contributed by atoms with Crippen LogP contribution in [0, 0.1) is 0 Å². The minimum atomic E-state index is -1.12. The summed E-state index contributed by atoms with van der Waals surface area (Å²) in [6.45, 7) is 2.54. The standard InChI is InChI=1S/C15H14ClNO4/c1-2-8-20-13-4-3-7-17-14(13)21-10-5-6-12(16)11(9-10)15(18)19/h3-7,9H,2,8H2,1H3,(H,18,19). The third kappa shape index (κ3) is 3.86. The van der Waals surface area contributed by atoms with Gasteiger partial charge in [-0.05, 0) is 36.8 Å². The molecule has 0 aliphatic rings. The van der Waals surface area contributed by atoms with Crippen LogP contribution in [0.3, 0.4) is 0 Å². The Kier molecular flexibility index (Phi) is 5.00. The van der Waals surface area contributed by atoms with E-state index in [1.807, 2.05) is 6.92 Å². The number of rotatable bonds is 6. The number of benzene rings is 1. The molecule has 0 spiro atoms. The van der Waals surface area contributed by atoms with Crippen molar-refractivity contribution >= 4 is 17.6 Å². The molecule has 0 radical (unpaired) electrons. The Morgan fingerprint density at radius 1 is 1.38 bits per heavy atom. The van der Waals surface area contributed by atoms with E-state index in [1.54, 1.807) is 24.4 Å². The number of nitrogens with zero attached hydrogens (tertiary/aromatic N) is 1. The van der Waals surface area contributed by atoms with E-state index < -0.39 is 5.97 Å². The zero-order valence-electron chi connectivity index (χ0n) is 11.4. The van der Waals surface area contributed by atoms with Crippen LogP contribution in [0.1, 0.15) is 23.7 Å². The maximum Gasteiger partial charge on any atom is 0.337 e. The summed E-state index contributed by atoms with van der Waals surface area (Å²) in [5, 5.41) is 9.20. The molecule has 0 fully saturated rings. The summed E-state index contributed by atoms with van der Waals surface area (Å²) >= 11 is 5.82. The average molecular weight is 308 g/mol. The van der Waals surface area contributed by atoms with Crippen molar-refractivity contribution in [2.75, 3.05) is 6.61 Å². The van der Waals surface area contributed by atoms with Gasteiger partial charge in [0.15, 0.2) is 5.75 Å². The van der Waals surface area contributed by atoms with Crippen LogP contribution in [0.4, 0.5) is 0 Å². The molecular weight excluding hydrogens is 294 g/mol. The molecule has 1 N–H and O–H groups in total. The van der Waals surface area contributed by atoms with Gasteiger partial charge in [-0.3, -0.25) is 0 Å². The van der Waals surface area contributed by atoms with E-state index in [0.717, 1.165) is 6.42 Å². The summed E-state index contributed by atoms with van der Waals surface area (Å²) in [5.74, 6) is 0.00145. The summed E-state index contributed by atoms with van der Waals surface area (Å²) in [5.41, 5.74) is -0.0267. The molecule has 0 aliphatic carbocycles. The molecule has 0 saturated carbocycles. The Morgan fingerprint density at radius 3 is 2.90 bits per heavy atom. The molecule has 110 valence electrons. The average Bonchev–Trinajstić information content (AvgIpc) is 2.48. The number of carbonyl (C=O) groups is 1.